The molecule has 7 heteroatoms. The van der Waals surface area contributed by atoms with Crippen LogP contribution in [0.5, 0.6) is 5.75 Å². The monoisotopic (exact) mass is 398 g/mol. The minimum atomic E-state index is -1.12. The van der Waals surface area contributed by atoms with Gasteiger partial charge in [-0.2, -0.15) is 0 Å². The van der Waals surface area contributed by atoms with Crippen LogP contribution < -0.4 is 15.4 Å². The topological polar surface area (TPSA) is 105 Å². The molecule has 2 aromatic carbocycles. The lowest BCUT2D eigenvalue weighted by atomic mass is 9.87. The van der Waals surface area contributed by atoms with E-state index >= 15 is 0 Å². The van der Waals surface area contributed by atoms with E-state index < -0.39 is 24.5 Å². The molecular weight excluding hydrogens is 372 g/mol. The molecule has 0 saturated heterocycles. The molecule has 0 aliphatic rings. The van der Waals surface area contributed by atoms with E-state index in [-0.39, 0.29) is 11.3 Å². The highest BCUT2D eigenvalue weighted by molar-refractivity contribution is 5.97. The van der Waals surface area contributed by atoms with Crippen molar-refractivity contribution in [3.8, 4) is 5.75 Å². The van der Waals surface area contributed by atoms with Crippen LogP contribution in [0.3, 0.4) is 0 Å². The molecule has 0 bridgehead atoms. The van der Waals surface area contributed by atoms with E-state index in [2.05, 4.69) is 31.4 Å². The Hall–Kier alpha value is -3.35. The third-order valence-corrected chi connectivity index (χ3v) is 4.20. The summed E-state index contributed by atoms with van der Waals surface area (Å²) in [4.78, 5) is 34.7. The first-order valence-corrected chi connectivity index (χ1v) is 9.24. The van der Waals surface area contributed by atoms with Gasteiger partial charge in [-0.1, -0.05) is 32.9 Å². The summed E-state index contributed by atoms with van der Waals surface area (Å²) < 4.78 is 5.77. The van der Waals surface area contributed by atoms with Crippen LogP contribution in [0.2, 0.25) is 0 Å². The summed E-state index contributed by atoms with van der Waals surface area (Å²) in [6, 6.07) is 13.8. The van der Waals surface area contributed by atoms with Gasteiger partial charge in [0.2, 0.25) is 0 Å². The minimum absolute atomic E-state index is 0.0244. The SMILES string of the molecule is CC(Oc1cccc(C(C)(C)C)c1)C(=O)Nc1ccc(C(=O)NCC(=O)O)cc1. The summed E-state index contributed by atoms with van der Waals surface area (Å²) in [6.07, 6.45) is -0.719. The van der Waals surface area contributed by atoms with Gasteiger partial charge >= 0.3 is 5.97 Å². The fourth-order valence-electron chi connectivity index (χ4n) is 2.50. The summed E-state index contributed by atoms with van der Waals surface area (Å²) in [5.74, 6) is -1.33. The molecule has 29 heavy (non-hydrogen) atoms. The quantitative estimate of drug-likeness (QED) is 0.664. The van der Waals surface area contributed by atoms with Crippen LogP contribution in [-0.4, -0.2) is 35.5 Å². The van der Waals surface area contributed by atoms with E-state index in [1.54, 1.807) is 19.1 Å². The number of hydrogen-bond acceptors (Lipinski definition) is 4. The van der Waals surface area contributed by atoms with Gasteiger partial charge in [-0.15, -0.1) is 0 Å². The van der Waals surface area contributed by atoms with Crippen molar-refractivity contribution in [1.29, 1.82) is 0 Å². The Morgan fingerprint density at radius 3 is 2.31 bits per heavy atom. The van der Waals surface area contributed by atoms with Crippen LogP contribution in [0.1, 0.15) is 43.6 Å². The predicted molar refractivity (Wildman–Crippen MR) is 110 cm³/mol. The molecular formula is C22H26N2O5. The van der Waals surface area contributed by atoms with E-state index in [1.807, 2.05) is 24.3 Å². The number of rotatable bonds is 7. The van der Waals surface area contributed by atoms with Crippen molar-refractivity contribution in [3.05, 3.63) is 59.7 Å². The van der Waals surface area contributed by atoms with Gasteiger partial charge in [0, 0.05) is 11.3 Å². The lowest BCUT2D eigenvalue weighted by molar-refractivity contribution is -0.135. The molecule has 2 rings (SSSR count). The molecule has 0 saturated carbocycles. The minimum Gasteiger partial charge on any atom is -0.481 e. The second-order valence-electron chi connectivity index (χ2n) is 7.68. The predicted octanol–water partition coefficient (Wildman–Crippen LogP) is 3.20. The largest absolute Gasteiger partial charge is 0.481 e. The van der Waals surface area contributed by atoms with Crippen LogP contribution in [0, 0.1) is 0 Å². The maximum atomic E-state index is 12.4. The Morgan fingerprint density at radius 1 is 1.07 bits per heavy atom. The molecule has 1 unspecified atom stereocenters. The second-order valence-corrected chi connectivity index (χ2v) is 7.68. The molecule has 0 heterocycles. The van der Waals surface area contributed by atoms with E-state index in [9.17, 15) is 14.4 Å². The van der Waals surface area contributed by atoms with Crippen LogP contribution in [0.15, 0.2) is 48.5 Å². The van der Waals surface area contributed by atoms with Gasteiger partial charge in [0.05, 0.1) is 0 Å². The van der Waals surface area contributed by atoms with Crippen LogP contribution in [0.4, 0.5) is 5.69 Å². The van der Waals surface area contributed by atoms with Crippen molar-refractivity contribution in [2.45, 2.75) is 39.2 Å². The summed E-state index contributed by atoms with van der Waals surface area (Å²) >= 11 is 0. The number of carboxylic acid groups (broad SMARTS) is 1. The average Bonchev–Trinajstić information content (AvgIpc) is 2.66. The molecule has 2 amide bonds. The highest BCUT2D eigenvalue weighted by Crippen LogP contribution is 2.26. The Bertz CT molecular complexity index is 885. The summed E-state index contributed by atoms with van der Waals surface area (Å²) in [5.41, 5.74) is 1.89. The fourth-order valence-corrected chi connectivity index (χ4v) is 2.50. The fraction of sp³-hybridized carbons (Fsp3) is 0.318. The lowest BCUT2D eigenvalue weighted by Gasteiger charge is -2.21. The average molecular weight is 398 g/mol. The second kappa shape index (κ2) is 9.23. The Kier molecular flexibility index (Phi) is 6.98. The molecule has 0 radical (unpaired) electrons. The normalized spacial score (nSPS) is 12.0. The molecule has 0 fully saturated rings. The number of carboxylic acids is 1. The van der Waals surface area contributed by atoms with Crippen molar-refractivity contribution < 1.29 is 24.2 Å². The number of carbonyl (C=O) groups is 3. The molecule has 0 aliphatic heterocycles. The van der Waals surface area contributed by atoms with Crippen LogP contribution in [0.25, 0.3) is 0 Å². The maximum Gasteiger partial charge on any atom is 0.322 e. The lowest BCUT2D eigenvalue weighted by Crippen LogP contribution is -2.30. The standard InChI is InChI=1S/C22H26N2O5/c1-14(29-18-7-5-6-16(12-18)22(2,3)4)20(27)24-17-10-8-15(9-11-17)21(28)23-13-19(25)26/h5-12,14H,13H2,1-4H3,(H,23,28)(H,24,27)(H,25,26). The van der Waals surface area contributed by atoms with Gasteiger partial charge in [-0.3, -0.25) is 14.4 Å². The Balaban J connectivity index is 1.96. The van der Waals surface area contributed by atoms with Crippen molar-refractivity contribution in [2.24, 2.45) is 0 Å². The van der Waals surface area contributed by atoms with E-state index in [1.165, 1.54) is 12.1 Å². The molecule has 0 aliphatic carbocycles. The number of nitrogens with one attached hydrogen (secondary N) is 2. The number of aliphatic carboxylic acids is 1. The van der Waals surface area contributed by atoms with E-state index in [4.69, 9.17) is 9.84 Å². The maximum absolute atomic E-state index is 12.4. The van der Waals surface area contributed by atoms with Gasteiger partial charge in [0.1, 0.15) is 12.3 Å². The number of hydrogen-bond donors (Lipinski definition) is 3. The summed E-state index contributed by atoms with van der Waals surface area (Å²) in [6.45, 7) is 7.52. The van der Waals surface area contributed by atoms with Crippen molar-refractivity contribution in [1.82, 2.24) is 5.32 Å². The summed E-state index contributed by atoms with van der Waals surface area (Å²) in [5, 5.41) is 13.6. The van der Waals surface area contributed by atoms with Gasteiger partial charge in [0.25, 0.3) is 11.8 Å². The third-order valence-electron chi connectivity index (χ3n) is 4.20. The third kappa shape index (κ3) is 6.64. The van der Waals surface area contributed by atoms with Gasteiger partial charge in [-0.05, 0) is 54.3 Å². The molecule has 2 aromatic rings. The molecule has 7 nitrogen and oxygen atoms in total. The van der Waals surface area contributed by atoms with E-state index in [0.29, 0.717) is 17.0 Å². The summed E-state index contributed by atoms with van der Waals surface area (Å²) in [7, 11) is 0. The highest BCUT2D eigenvalue weighted by atomic mass is 16.5. The smallest absolute Gasteiger partial charge is 0.322 e. The van der Waals surface area contributed by atoms with Crippen molar-refractivity contribution >= 4 is 23.5 Å². The first-order chi connectivity index (χ1) is 13.6. The number of carbonyl (C=O) groups excluding carboxylic acids is 2. The Morgan fingerprint density at radius 2 is 1.72 bits per heavy atom. The number of benzene rings is 2. The first kappa shape index (κ1) is 21.9. The van der Waals surface area contributed by atoms with Gasteiger partial charge in [0.15, 0.2) is 6.10 Å². The van der Waals surface area contributed by atoms with E-state index in [0.717, 1.165) is 5.56 Å². The van der Waals surface area contributed by atoms with Crippen molar-refractivity contribution in [2.75, 3.05) is 11.9 Å². The van der Waals surface area contributed by atoms with Crippen molar-refractivity contribution in [3.63, 3.8) is 0 Å². The molecule has 154 valence electrons. The first-order valence-electron chi connectivity index (χ1n) is 9.24. The molecule has 0 aromatic heterocycles. The van der Waals surface area contributed by atoms with Gasteiger partial charge in [-0.25, -0.2) is 0 Å². The highest BCUT2D eigenvalue weighted by Gasteiger charge is 2.18. The van der Waals surface area contributed by atoms with Crippen LogP contribution >= 0.6 is 0 Å². The Labute approximate surface area is 170 Å². The molecule has 3 N–H and O–H groups in total. The zero-order valence-corrected chi connectivity index (χ0v) is 17.0. The van der Waals surface area contributed by atoms with Gasteiger partial charge < -0.3 is 20.5 Å². The zero-order valence-electron chi connectivity index (χ0n) is 17.0. The molecule has 0 spiro atoms. The number of amides is 2. The zero-order chi connectivity index (χ0) is 21.6. The number of ether oxygens (including phenoxy) is 1. The van der Waals surface area contributed by atoms with Crippen LogP contribution in [-0.2, 0) is 15.0 Å². The number of anilines is 1. The molecule has 1 atom stereocenters.